The molecule has 0 bridgehead atoms. The van der Waals surface area contributed by atoms with Crippen LogP contribution in [0.2, 0.25) is 0 Å². The van der Waals surface area contributed by atoms with Gasteiger partial charge in [0.2, 0.25) is 11.8 Å². The molecule has 0 radical (unpaired) electrons. The van der Waals surface area contributed by atoms with E-state index in [-0.39, 0.29) is 38.8 Å². The normalized spacial score (nSPS) is 23.2. The second-order valence-electron chi connectivity index (χ2n) is 16.8. The molecule has 3 amide bonds. The number of ether oxygens (including phenoxy) is 5. The van der Waals surface area contributed by atoms with Crippen molar-refractivity contribution in [2.45, 2.75) is 84.2 Å². The van der Waals surface area contributed by atoms with Crippen molar-refractivity contribution in [1.29, 1.82) is 0 Å². The van der Waals surface area contributed by atoms with E-state index in [4.69, 9.17) is 33.7 Å². The molecular formula is C40H51BrN6O10S. The zero-order chi connectivity index (χ0) is 42.2. The van der Waals surface area contributed by atoms with Crippen LogP contribution in [-0.4, -0.2) is 114 Å². The number of anilines is 1. The summed E-state index contributed by atoms with van der Waals surface area (Å²) in [6.45, 7) is 15.7. The number of alkyl carbamates (subject to hydrolysis) is 1. The number of carbonyl (C=O) groups excluding carboxylic acids is 3. The molecule has 4 N–H and O–H groups in total. The number of aromatic nitrogens is 2. The van der Waals surface area contributed by atoms with Gasteiger partial charge in [-0.1, -0.05) is 33.8 Å². The molecule has 4 heterocycles. The summed E-state index contributed by atoms with van der Waals surface area (Å²) in [7, 11) is 1.56. The average Bonchev–Trinajstić information content (AvgIpc) is 3.44. The fraction of sp³-hybridized carbons (Fsp3) is 0.550. The lowest BCUT2D eigenvalue weighted by atomic mass is 9.85. The van der Waals surface area contributed by atoms with Gasteiger partial charge >= 0.3 is 12.1 Å². The first-order valence-electron chi connectivity index (χ1n) is 19.0. The van der Waals surface area contributed by atoms with Gasteiger partial charge in [-0.15, -0.1) is 17.9 Å². The third-order valence-electron chi connectivity index (χ3n) is 10.4. The Balaban J connectivity index is 1.32. The van der Waals surface area contributed by atoms with E-state index < -0.39 is 64.4 Å². The van der Waals surface area contributed by atoms with Gasteiger partial charge in [0.15, 0.2) is 5.13 Å². The minimum Gasteiger partial charge on any atom is -0.495 e. The van der Waals surface area contributed by atoms with Crippen LogP contribution in [-0.2, 0) is 28.6 Å². The molecule has 3 fully saturated rings. The molecule has 58 heavy (non-hydrogen) atoms. The zero-order valence-electron chi connectivity index (χ0n) is 33.7. The highest BCUT2D eigenvalue weighted by molar-refractivity contribution is 9.10. The summed E-state index contributed by atoms with van der Waals surface area (Å²) < 4.78 is 29.2. The van der Waals surface area contributed by atoms with Crippen LogP contribution in [0.15, 0.2) is 40.7 Å². The first-order valence-corrected chi connectivity index (χ1v) is 20.7. The number of aliphatic carboxylic acids is 1. The highest BCUT2D eigenvalue weighted by Crippen LogP contribution is 2.45. The highest BCUT2D eigenvalue weighted by Gasteiger charge is 2.61. The van der Waals surface area contributed by atoms with Gasteiger partial charge in [-0.2, -0.15) is 0 Å². The topological polar surface area (TPSA) is 200 Å². The number of hydrogen-bond donors (Lipinski definition) is 4. The molecule has 1 aliphatic carbocycles. The fourth-order valence-electron chi connectivity index (χ4n) is 7.15. The molecule has 3 aromatic rings. The molecule has 2 saturated heterocycles. The van der Waals surface area contributed by atoms with Crippen LogP contribution in [0.3, 0.4) is 0 Å². The Morgan fingerprint density at radius 2 is 1.88 bits per heavy atom. The Labute approximate surface area is 349 Å². The summed E-state index contributed by atoms with van der Waals surface area (Å²) in [6.07, 6.45) is 0.108. The third kappa shape index (κ3) is 9.19. The molecule has 3 aliphatic rings. The predicted octanol–water partition coefficient (Wildman–Crippen LogP) is 5.60. The number of carboxylic acid groups (broad SMARTS) is 1. The van der Waals surface area contributed by atoms with E-state index in [0.29, 0.717) is 51.5 Å². The first kappa shape index (κ1) is 43.1. The number of nitrogens with one attached hydrogen (secondary N) is 3. The van der Waals surface area contributed by atoms with Gasteiger partial charge < -0.3 is 49.6 Å². The molecule has 0 unspecified atom stereocenters. The van der Waals surface area contributed by atoms with Crippen molar-refractivity contribution in [3.8, 4) is 22.9 Å². The number of fused-ring (bicyclic) bond motifs is 1. The number of pyridine rings is 1. The maximum Gasteiger partial charge on any atom is 0.407 e. The summed E-state index contributed by atoms with van der Waals surface area (Å²) >= 11 is 5.09. The van der Waals surface area contributed by atoms with E-state index in [0.717, 1.165) is 5.13 Å². The quantitative estimate of drug-likeness (QED) is 0.146. The fourth-order valence-corrected chi connectivity index (χ4v) is 8.59. The summed E-state index contributed by atoms with van der Waals surface area (Å²) in [5.41, 5.74) is -1.29. The number of hydrogen-bond acceptors (Lipinski definition) is 13. The lowest BCUT2D eigenvalue weighted by Crippen LogP contribution is -2.59. The van der Waals surface area contributed by atoms with Crippen LogP contribution in [0.1, 0.15) is 54.4 Å². The molecule has 314 valence electrons. The van der Waals surface area contributed by atoms with Crippen molar-refractivity contribution in [2.24, 2.45) is 16.7 Å². The number of thiazole rings is 1. The smallest absolute Gasteiger partial charge is 0.407 e. The maximum absolute atomic E-state index is 14.7. The largest absolute Gasteiger partial charge is 0.495 e. The molecule has 16 nitrogen and oxygen atoms in total. The van der Waals surface area contributed by atoms with Crippen LogP contribution in [0.25, 0.3) is 22.3 Å². The number of carbonyl (C=O) groups is 4. The van der Waals surface area contributed by atoms with E-state index in [9.17, 15) is 24.3 Å². The Morgan fingerprint density at radius 1 is 1.16 bits per heavy atom. The van der Waals surface area contributed by atoms with Crippen molar-refractivity contribution in [1.82, 2.24) is 25.5 Å². The van der Waals surface area contributed by atoms with E-state index in [1.807, 2.05) is 32.2 Å². The summed E-state index contributed by atoms with van der Waals surface area (Å²) in [4.78, 5) is 65.6. The zero-order valence-corrected chi connectivity index (χ0v) is 36.1. The molecule has 2 aromatic heterocycles. The first-order chi connectivity index (χ1) is 27.4. The lowest BCUT2D eigenvalue weighted by molar-refractivity contribution is -0.169. The van der Waals surface area contributed by atoms with E-state index >= 15 is 0 Å². The second-order valence-corrected chi connectivity index (χ2v) is 18.4. The Bertz CT molecular complexity index is 2070. The summed E-state index contributed by atoms with van der Waals surface area (Å²) in [5, 5.41) is 22.1. The van der Waals surface area contributed by atoms with Crippen LogP contribution in [0, 0.1) is 16.7 Å². The van der Waals surface area contributed by atoms with Gasteiger partial charge in [-0.05, 0) is 53.7 Å². The molecule has 18 heteroatoms. The van der Waals surface area contributed by atoms with E-state index in [1.165, 1.54) is 22.3 Å². The number of carboxylic acids is 1. The van der Waals surface area contributed by atoms with Crippen LogP contribution < -0.4 is 25.4 Å². The molecule has 5 atom stereocenters. The number of amides is 3. The van der Waals surface area contributed by atoms with Crippen molar-refractivity contribution < 1.29 is 48.0 Å². The predicted molar refractivity (Wildman–Crippen MR) is 220 cm³/mol. The molecule has 6 rings (SSSR count). The number of benzene rings is 1. The van der Waals surface area contributed by atoms with Crippen LogP contribution in [0.4, 0.5) is 9.93 Å². The lowest BCUT2D eigenvalue weighted by Gasteiger charge is -2.36. The monoisotopic (exact) mass is 886 g/mol. The van der Waals surface area contributed by atoms with Gasteiger partial charge in [-0.3, -0.25) is 9.59 Å². The van der Waals surface area contributed by atoms with Gasteiger partial charge in [0.1, 0.15) is 54.3 Å². The van der Waals surface area contributed by atoms with E-state index in [2.05, 4.69) is 38.5 Å². The Hall–Kier alpha value is -4.52. The van der Waals surface area contributed by atoms with Crippen molar-refractivity contribution in [2.75, 3.05) is 45.6 Å². The maximum atomic E-state index is 14.7. The number of likely N-dealkylation sites (tertiary alicyclic amines) is 1. The Kier molecular flexibility index (Phi) is 12.6. The molecule has 1 aromatic carbocycles. The Morgan fingerprint density at radius 3 is 2.50 bits per heavy atom. The van der Waals surface area contributed by atoms with Gasteiger partial charge in [0.25, 0.3) is 0 Å². The molecule has 1 saturated carbocycles. The van der Waals surface area contributed by atoms with Crippen molar-refractivity contribution >= 4 is 67.2 Å². The standard InChI is InChI=1S/C40H51BrN6O10S/c1-9-22-14-40(22,35(50)51)46-33(48)27-12-23(15-47(27)34(49)32(38(4,5)6)45-37(52)56-19-39(7)17-54-20-55-18-39)57-29-13-25(26-16-58-36(44-26)42-21(2)3)43-31-24(29)10-11-28(53-8)30(31)41/h9-11,13,16,21-23,27,32H,1,12,14-15,17-20H2,2-8H3,(H,42,44)(H,45,52)(H,46,48)(H,50,51)/t22-,23-,27+,32-,40-/m1/s1. The van der Waals surface area contributed by atoms with Crippen molar-refractivity contribution in [3.63, 3.8) is 0 Å². The molecule has 2 aliphatic heterocycles. The van der Waals surface area contributed by atoms with Gasteiger partial charge in [0, 0.05) is 40.6 Å². The SMILES string of the molecule is C=C[C@@H]1C[C@]1(NC(=O)[C@@H]1C[C@@H](Oc2cc(-c3csc(NC(C)C)n3)nc3c(Br)c(OC)ccc23)CN1C(=O)[C@@H](NC(=O)OCC1(C)COCOC1)C(C)(C)C)C(=O)O. The molecule has 0 spiro atoms. The highest BCUT2D eigenvalue weighted by atomic mass is 79.9. The van der Waals surface area contributed by atoms with Gasteiger partial charge in [-0.25, -0.2) is 19.6 Å². The number of methoxy groups -OCH3 is 1. The number of halogens is 1. The number of rotatable bonds is 14. The van der Waals surface area contributed by atoms with Gasteiger partial charge in [0.05, 0.1) is 42.6 Å². The number of nitrogens with zero attached hydrogens (tertiary/aromatic N) is 3. The molecular weight excluding hydrogens is 836 g/mol. The van der Waals surface area contributed by atoms with Crippen molar-refractivity contribution in [3.05, 3.63) is 40.7 Å². The van der Waals surface area contributed by atoms with Crippen LogP contribution in [0.5, 0.6) is 11.5 Å². The van der Waals surface area contributed by atoms with E-state index in [1.54, 1.807) is 40.0 Å². The third-order valence-corrected chi connectivity index (χ3v) is 11.9. The minimum atomic E-state index is -1.54. The summed E-state index contributed by atoms with van der Waals surface area (Å²) in [5.74, 6) is -1.93. The minimum absolute atomic E-state index is 0.0152. The average molecular weight is 888 g/mol. The second kappa shape index (κ2) is 17.0. The summed E-state index contributed by atoms with van der Waals surface area (Å²) in [6, 6.07) is 3.23. The van der Waals surface area contributed by atoms with Crippen LogP contribution >= 0.6 is 27.3 Å².